The Labute approximate surface area is 98.3 Å². The third-order valence-corrected chi connectivity index (χ3v) is 3.55. The fourth-order valence-corrected chi connectivity index (χ4v) is 1.66. The second kappa shape index (κ2) is 5.64. The molecule has 0 aromatic rings. The molecule has 4 nitrogen and oxygen atoms in total. The first-order chi connectivity index (χ1) is 7.47. The number of morpholine rings is 1. The molecule has 0 aromatic carbocycles. The maximum Gasteiger partial charge on any atom is 0.225 e. The van der Waals surface area contributed by atoms with Gasteiger partial charge in [-0.15, -0.1) is 0 Å². The number of carbonyl (C=O) groups excluding carboxylic acids is 1. The predicted molar refractivity (Wildman–Crippen MR) is 64.4 cm³/mol. The van der Waals surface area contributed by atoms with Crippen molar-refractivity contribution in [2.24, 2.45) is 0 Å². The zero-order valence-electron chi connectivity index (χ0n) is 10.9. The van der Waals surface area contributed by atoms with Gasteiger partial charge in [-0.1, -0.05) is 6.92 Å². The van der Waals surface area contributed by atoms with Gasteiger partial charge in [-0.2, -0.15) is 0 Å². The number of amides is 1. The van der Waals surface area contributed by atoms with Crippen molar-refractivity contribution < 1.29 is 9.53 Å². The smallest absolute Gasteiger partial charge is 0.225 e. The van der Waals surface area contributed by atoms with Crippen molar-refractivity contribution in [2.75, 3.05) is 26.7 Å². The van der Waals surface area contributed by atoms with Gasteiger partial charge in [0.1, 0.15) is 0 Å². The molecule has 1 heterocycles. The van der Waals surface area contributed by atoms with Crippen LogP contribution in [0, 0.1) is 0 Å². The van der Waals surface area contributed by atoms with Crippen LogP contribution in [0.5, 0.6) is 0 Å². The van der Waals surface area contributed by atoms with Gasteiger partial charge in [-0.25, -0.2) is 0 Å². The number of nitrogens with one attached hydrogen (secondary N) is 1. The van der Waals surface area contributed by atoms with Crippen LogP contribution in [0.1, 0.15) is 33.6 Å². The number of nitrogens with zero attached hydrogens (tertiary/aromatic N) is 1. The van der Waals surface area contributed by atoms with E-state index in [9.17, 15) is 4.79 Å². The van der Waals surface area contributed by atoms with Crippen molar-refractivity contribution in [3.8, 4) is 0 Å². The van der Waals surface area contributed by atoms with E-state index in [2.05, 4.69) is 26.1 Å². The summed E-state index contributed by atoms with van der Waals surface area (Å²) in [5.41, 5.74) is -0.0703. The van der Waals surface area contributed by atoms with Crippen LogP contribution < -0.4 is 5.32 Å². The molecule has 1 atom stereocenters. The van der Waals surface area contributed by atoms with Gasteiger partial charge in [0.05, 0.1) is 19.1 Å². The van der Waals surface area contributed by atoms with Crippen molar-refractivity contribution in [2.45, 2.75) is 45.3 Å². The molecule has 16 heavy (non-hydrogen) atoms. The lowest BCUT2D eigenvalue weighted by atomic mass is 9.99. The van der Waals surface area contributed by atoms with Crippen LogP contribution >= 0.6 is 0 Å². The average molecular weight is 228 g/mol. The summed E-state index contributed by atoms with van der Waals surface area (Å²) in [4.78, 5) is 13.9. The first-order valence-corrected chi connectivity index (χ1v) is 6.06. The molecule has 1 amide bonds. The highest BCUT2D eigenvalue weighted by atomic mass is 16.5. The number of ether oxygens (including phenoxy) is 1. The van der Waals surface area contributed by atoms with E-state index in [1.807, 2.05) is 11.9 Å². The van der Waals surface area contributed by atoms with E-state index in [4.69, 9.17) is 4.74 Å². The Kier molecular flexibility index (Phi) is 4.74. The second-order valence-corrected chi connectivity index (χ2v) is 5.02. The van der Waals surface area contributed by atoms with Crippen LogP contribution in [0.15, 0.2) is 0 Å². The highest BCUT2D eigenvalue weighted by molar-refractivity contribution is 5.77. The van der Waals surface area contributed by atoms with Gasteiger partial charge in [0, 0.05) is 25.7 Å². The molecule has 1 saturated heterocycles. The van der Waals surface area contributed by atoms with Crippen LogP contribution in [0.4, 0.5) is 0 Å². The van der Waals surface area contributed by atoms with Crippen LogP contribution in [0.3, 0.4) is 0 Å². The predicted octanol–water partition coefficient (Wildman–Crippen LogP) is 1.01. The minimum atomic E-state index is -0.0703. The van der Waals surface area contributed by atoms with Crippen molar-refractivity contribution in [1.82, 2.24) is 10.2 Å². The van der Waals surface area contributed by atoms with E-state index in [1.165, 1.54) is 0 Å². The Morgan fingerprint density at radius 2 is 2.25 bits per heavy atom. The molecule has 0 radical (unpaired) electrons. The van der Waals surface area contributed by atoms with E-state index in [-0.39, 0.29) is 17.6 Å². The van der Waals surface area contributed by atoms with Crippen molar-refractivity contribution in [3.63, 3.8) is 0 Å². The molecule has 0 spiro atoms. The molecule has 0 aliphatic carbocycles. The molecule has 1 aliphatic rings. The van der Waals surface area contributed by atoms with E-state index in [0.29, 0.717) is 13.0 Å². The highest BCUT2D eigenvalue weighted by Crippen LogP contribution is 2.18. The first kappa shape index (κ1) is 13.5. The quantitative estimate of drug-likeness (QED) is 0.781. The lowest BCUT2D eigenvalue weighted by Gasteiger charge is -2.36. The third-order valence-electron chi connectivity index (χ3n) is 3.55. The standard InChI is InChI=1S/C12H24N2O2/c1-5-12(2,3)14(4)11(15)8-10-9-13-6-7-16-10/h10,13H,5-9H2,1-4H3. The van der Waals surface area contributed by atoms with Gasteiger partial charge in [-0.3, -0.25) is 4.79 Å². The summed E-state index contributed by atoms with van der Waals surface area (Å²) in [6.07, 6.45) is 1.47. The van der Waals surface area contributed by atoms with Crippen molar-refractivity contribution in [3.05, 3.63) is 0 Å². The van der Waals surface area contributed by atoms with Crippen molar-refractivity contribution in [1.29, 1.82) is 0 Å². The zero-order chi connectivity index (χ0) is 12.2. The monoisotopic (exact) mass is 228 g/mol. The largest absolute Gasteiger partial charge is 0.375 e. The minimum Gasteiger partial charge on any atom is -0.375 e. The summed E-state index contributed by atoms with van der Waals surface area (Å²) in [6, 6.07) is 0. The Bertz CT molecular complexity index is 235. The summed E-state index contributed by atoms with van der Waals surface area (Å²) in [7, 11) is 1.88. The van der Waals surface area contributed by atoms with Crippen LogP contribution in [-0.4, -0.2) is 49.2 Å². The number of rotatable bonds is 4. The number of hydrogen-bond acceptors (Lipinski definition) is 3. The van der Waals surface area contributed by atoms with Crippen LogP contribution in [0.2, 0.25) is 0 Å². The van der Waals surface area contributed by atoms with Crippen LogP contribution in [-0.2, 0) is 9.53 Å². The average Bonchev–Trinajstić information content (AvgIpc) is 2.29. The van der Waals surface area contributed by atoms with Crippen LogP contribution in [0.25, 0.3) is 0 Å². The van der Waals surface area contributed by atoms with Gasteiger partial charge in [0.2, 0.25) is 5.91 Å². The Morgan fingerprint density at radius 3 is 2.75 bits per heavy atom. The molecule has 0 saturated carbocycles. The summed E-state index contributed by atoms with van der Waals surface area (Å²) in [5.74, 6) is 0.167. The fourth-order valence-electron chi connectivity index (χ4n) is 1.66. The van der Waals surface area contributed by atoms with E-state index in [0.717, 1.165) is 19.5 Å². The third kappa shape index (κ3) is 3.46. The van der Waals surface area contributed by atoms with E-state index in [1.54, 1.807) is 0 Å². The molecule has 4 heteroatoms. The van der Waals surface area contributed by atoms with Crippen molar-refractivity contribution >= 4 is 5.91 Å². The van der Waals surface area contributed by atoms with Gasteiger partial charge in [0.25, 0.3) is 0 Å². The molecule has 1 N–H and O–H groups in total. The molecule has 0 bridgehead atoms. The molecular formula is C12H24N2O2. The molecular weight excluding hydrogens is 204 g/mol. The summed E-state index contributed by atoms with van der Waals surface area (Å²) < 4.78 is 5.54. The second-order valence-electron chi connectivity index (χ2n) is 5.02. The SMILES string of the molecule is CCC(C)(C)N(C)C(=O)CC1CNCCO1. The maximum absolute atomic E-state index is 12.0. The van der Waals surface area contributed by atoms with Gasteiger partial charge in [0.15, 0.2) is 0 Å². The molecule has 94 valence electrons. The molecule has 0 aromatic heterocycles. The lowest BCUT2D eigenvalue weighted by Crippen LogP contribution is -2.47. The number of carbonyl (C=O) groups is 1. The summed E-state index contributed by atoms with van der Waals surface area (Å²) in [6.45, 7) is 8.66. The Hall–Kier alpha value is -0.610. The van der Waals surface area contributed by atoms with Gasteiger partial charge >= 0.3 is 0 Å². The topological polar surface area (TPSA) is 41.6 Å². The van der Waals surface area contributed by atoms with Gasteiger partial charge in [-0.05, 0) is 20.3 Å². The highest BCUT2D eigenvalue weighted by Gasteiger charge is 2.27. The first-order valence-electron chi connectivity index (χ1n) is 6.06. The fraction of sp³-hybridized carbons (Fsp3) is 0.917. The van der Waals surface area contributed by atoms with Gasteiger partial charge < -0.3 is 15.0 Å². The Morgan fingerprint density at radius 1 is 1.56 bits per heavy atom. The van der Waals surface area contributed by atoms with E-state index < -0.39 is 0 Å². The van der Waals surface area contributed by atoms with E-state index >= 15 is 0 Å². The molecule has 1 fully saturated rings. The summed E-state index contributed by atoms with van der Waals surface area (Å²) in [5, 5.41) is 3.24. The zero-order valence-corrected chi connectivity index (χ0v) is 10.9. The minimum absolute atomic E-state index is 0.0383. The lowest BCUT2D eigenvalue weighted by molar-refractivity contribution is -0.138. The number of hydrogen-bond donors (Lipinski definition) is 1. The molecule has 1 rings (SSSR count). The normalized spacial score (nSPS) is 21.9. The molecule has 1 aliphatic heterocycles. The Balaban J connectivity index is 2.44. The molecule has 1 unspecified atom stereocenters. The maximum atomic E-state index is 12.0. The summed E-state index contributed by atoms with van der Waals surface area (Å²) >= 11 is 0.